The monoisotopic (exact) mass is 531 g/mol. The van der Waals surface area contributed by atoms with Crippen molar-refractivity contribution in [3.05, 3.63) is 41.0 Å². The predicted molar refractivity (Wildman–Crippen MR) is 136 cm³/mol. The molecule has 3 aliphatic rings. The number of aryl methyl sites for hydroxylation is 1. The molecule has 2 fully saturated rings. The van der Waals surface area contributed by atoms with Crippen molar-refractivity contribution in [1.29, 1.82) is 0 Å². The standard InChI is InChI=1S/C24H29N5O5S2/c1-14-20(35-13-25-14)15-6-8-16(9-7-15)24(2)23(32)26-21(27-24)19-11-17(30)12-28(19)22(31)18-5-4-10-29(18)36(3,33)34/h6-9,13,17-19,30H,4-5,10-12H2,1-3H3,(H,26,27,32)/t17-,18-,19-,24+/m1/s1. The van der Waals surface area contributed by atoms with Crippen LogP contribution in [0.15, 0.2) is 34.8 Å². The number of carbonyl (C=O) groups is 2. The van der Waals surface area contributed by atoms with Crippen molar-refractivity contribution in [2.24, 2.45) is 4.99 Å². The fraction of sp³-hybridized carbons (Fsp3) is 0.500. The molecule has 2 aromatic rings. The van der Waals surface area contributed by atoms with Gasteiger partial charge in [0.25, 0.3) is 5.91 Å². The average Bonchev–Trinajstić information content (AvgIpc) is 3.60. The number of carbonyl (C=O) groups excluding carboxylic acids is 2. The number of thiazole rings is 1. The number of β-amino-alcohol motifs (C(OH)–C–C–N with tert-alkyl or cyclic N) is 1. The van der Waals surface area contributed by atoms with Gasteiger partial charge in [-0.25, -0.2) is 13.4 Å². The molecule has 36 heavy (non-hydrogen) atoms. The fourth-order valence-electron chi connectivity index (χ4n) is 5.34. The summed E-state index contributed by atoms with van der Waals surface area (Å²) in [7, 11) is -3.54. The van der Waals surface area contributed by atoms with Gasteiger partial charge in [0.1, 0.15) is 17.4 Å². The number of hydrogen-bond acceptors (Lipinski definition) is 8. The Morgan fingerprint density at radius 1 is 1.28 bits per heavy atom. The lowest BCUT2D eigenvalue weighted by molar-refractivity contribution is -0.134. The van der Waals surface area contributed by atoms with Gasteiger partial charge < -0.3 is 15.3 Å². The zero-order valence-corrected chi connectivity index (χ0v) is 22.0. The summed E-state index contributed by atoms with van der Waals surface area (Å²) in [4.78, 5) is 37.7. The van der Waals surface area contributed by atoms with Gasteiger partial charge >= 0.3 is 0 Å². The molecule has 0 spiro atoms. The van der Waals surface area contributed by atoms with Crippen LogP contribution < -0.4 is 5.32 Å². The van der Waals surface area contributed by atoms with Crippen molar-refractivity contribution in [2.75, 3.05) is 19.3 Å². The summed E-state index contributed by atoms with van der Waals surface area (Å²) in [5.74, 6) is -0.431. The van der Waals surface area contributed by atoms with Crippen LogP contribution in [0.1, 0.15) is 37.4 Å². The minimum Gasteiger partial charge on any atom is -0.391 e. The van der Waals surface area contributed by atoms with Crippen molar-refractivity contribution in [3.8, 4) is 10.4 Å². The molecule has 2 saturated heterocycles. The van der Waals surface area contributed by atoms with E-state index < -0.39 is 33.7 Å². The highest BCUT2D eigenvalue weighted by Crippen LogP contribution is 2.34. The Hall–Kier alpha value is -2.67. The summed E-state index contributed by atoms with van der Waals surface area (Å²) in [6.45, 7) is 4.06. The number of aromatic nitrogens is 1. The van der Waals surface area contributed by atoms with Crippen molar-refractivity contribution < 1.29 is 23.1 Å². The third kappa shape index (κ3) is 4.25. The zero-order chi connectivity index (χ0) is 25.8. The quantitative estimate of drug-likeness (QED) is 0.593. The van der Waals surface area contributed by atoms with Crippen LogP contribution in [0.4, 0.5) is 0 Å². The van der Waals surface area contributed by atoms with E-state index in [2.05, 4.69) is 15.3 Å². The lowest BCUT2D eigenvalue weighted by Crippen LogP contribution is -2.54. The number of rotatable bonds is 5. The number of benzene rings is 1. The van der Waals surface area contributed by atoms with Crippen LogP contribution in [0, 0.1) is 6.92 Å². The first-order valence-electron chi connectivity index (χ1n) is 11.9. The van der Waals surface area contributed by atoms with E-state index in [1.54, 1.807) is 23.8 Å². The number of hydrogen-bond donors (Lipinski definition) is 2. The molecule has 4 heterocycles. The van der Waals surface area contributed by atoms with Gasteiger partial charge in [0, 0.05) is 19.5 Å². The van der Waals surface area contributed by atoms with Crippen LogP contribution in [-0.2, 0) is 25.2 Å². The van der Waals surface area contributed by atoms with Gasteiger partial charge in [-0.2, -0.15) is 9.30 Å². The molecule has 2 N–H and O–H groups in total. The molecule has 5 rings (SSSR count). The Balaban J connectivity index is 1.37. The Morgan fingerprint density at radius 2 is 2.00 bits per heavy atom. The highest BCUT2D eigenvalue weighted by atomic mass is 32.2. The van der Waals surface area contributed by atoms with Gasteiger partial charge in [-0.3, -0.25) is 9.59 Å². The molecule has 1 aromatic carbocycles. The second kappa shape index (κ2) is 9.02. The van der Waals surface area contributed by atoms with Gasteiger partial charge in [0.2, 0.25) is 15.9 Å². The van der Waals surface area contributed by atoms with Gasteiger partial charge in [-0.1, -0.05) is 24.3 Å². The third-order valence-corrected chi connectivity index (χ3v) is 9.56. The van der Waals surface area contributed by atoms with E-state index in [9.17, 15) is 23.1 Å². The van der Waals surface area contributed by atoms with Gasteiger partial charge in [0.15, 0.2) is 0 Å². The van der Waals surface area contributed by atoms with E-state index in [0.717, 1.165) is 28.0 Å². The summed E-state index contributed by atoms with van der Waals surface area (Å²) in [5.41, 5.74) is 3.36. The average molecular weight is 532 g/mol. The second-order valence-electron chi connectivity index (χ2n) is 9.82. The molecule has 4 atom stereocenters. The molecule has 0 saturated carbocycles. The van der Waals surface area contributed by atoms with Gasteiger partial charge in [0.05, 0.1) is 34.5 Å². The summed E-state index contributed by atoms with van der Waals surface area (Å²) < 4.78 is 25.6. The maximum Gasteiger partial charge on any atom is 0.277 e. The number of nitrogens with zero attached hydrogens (tertiary/aromatic N) is 4. The largest absolute Gasteiger partial charge is 0.391 e. The molecule has 1 aromatic heterocycles. The second-order valence-corrected chi connectivity index (χ2v) is 12.6. The topological polar surface area (TPSA) is 132 Å². The highest BCUT2D eigenvalue weighted by molar-refractivity contribution is 7.88. The first-order chi connectivity index (χ1) is 17.0. The number of amides is 2. The molecule has 0 radical (unpaired) electrons. The molecule has 0 bridgehead atoms. The molecular weight excluding hydrogens is 502 g/mol. The number of aliphatic hydroxyl groups excluding tert-OH is 1. The minimum atomic E-state index is -3.54. The van der Waals surface area contributed by atoms with Crippen molar-refractivity contribution >= 4 is 39.0 Å². The maximum atomic E-state index is 13.4. The Bertz CT molecular complexity index is 1340. The molecule has 12 heteroatoms. The number of likely N-dealkylation sites (tertiary alicyclic amines) is 1. The van der Waals surface area contributed by atoms with Crippen LogP contribution in [0.25, 0.3) is 10.4 Å². The smallest absolute Gasteiger partial charge is 0.277 e. The van der Waals surface area contributed by atoms with E-state index in [-0.39, 0.29) is 24.8 Å². The van der Waals surface area contributed by atoms with Gasteiger partial charge in [-0.05, 0) is 37.8 Å². The van der Waals surface area contributed by atoms with Gasteiger partial charge in [-0.15, -0.1) is 11.3 Å². The molecule has 192 valence electrons. The normalized spacial score (nSPS) is 29.0. The number of sulfonamides is 1. The molecule has 10 nitrogen and oxygen atoms in total. The van der Waals surface area contributed by atoms with E-state index in [4.69, 9.17) is 0 Å². The van der Waals surface area contributed by atoms with Crippen molar-refractivity contribution in [1.82, 2.24) is 19.5 Å². The van der Waals surface area contributed by atoms with E-state index in [1.807, 2.05) is 31.2 Å². The third-order valence-electron chi connectivity index (χ3n) is 7.29. The van der Waals surface area contributed by atoms with Crippen LogP contribution >= 0.6 is 11.3 Å². The molecule has 0 aliphatic carbocycles. The summed E-state index contributed by atoms with van der Waals surface area (Å²) in [6.07, 6.45) is 1.55. The lowest BCUT2D eigenvalue weighted by atomic mass is 9.91. The fourth-order valence-corrected chi connectivity index (χ4v) is 7.27. The number of aliphatic imine (C=N–C) groups is 1. The van der Waals surface area contributed by atoms with Crippen LogP contribution in [0.2, 0.25) is 0 Å². The molecule has 3 aliphatic heterocycles. The summed E-state index contributed by atoms with van der Waals surface area (Å²) >= 11 is 1.55. The van der Waals surface area contributed by atoms with E-state index in [0.29, 0.717) is 25.2 Å². The first-order valence-corrected chi connectivity index (χ1v) is 14.6. The SMILES string of the molecule is Cc1ncsc1-c1ccc([C@]2(C)NC([C@H]3C[C@@H](O)CN3C(=O)[C@H]3CCCN3S(C)(=O)=O)=NC2=O)cc1. The maximum absolute atomic E-state index is 13.4. The Kier molecular flexibility index (Phi) is 6.26. The summed E-state index contributed by atoms with van der Waals surface area (Å²) in [5, 5.41) is 13.6. The molecular formula is C24H29N5O5S2. The molecule has 2 amide bonds. The number of nitrogens with one attached hydrogen (secondary N) is 1. The van der Waals surface area contributed by atoms with E-state index >= 15 is 0 Å². The molecule has 0 unspecified atom stereocenters. The number of amidine groups is 1. The Labute approximate surface area is 214 Å². The highest BCUT2D eigenvalue weighted by Gasteiger charge is 2.49. The van der Waals surface area contributed by atoms with E-state index in [1.165, 1.54) is 9.21 Å². The minimum absolute atomic E-state index is 0.0616. The number of aliphatic hydroxyl groups is 1. The van der Waals surface area contributed by atoms with Crippen LogP contribution in [0.5, 0.6) is 0 Å². The van der Waals surface area contributed by atoms with Crippen LogP contribution in [-0.4, -0.2) is 82.9 Å². The Morgan fingerprint density at radius 3 is 2.64 bits per heavy atom. The van der Waals surface area contributed by atoms with Crippen LogP contribution in [0.3, 0.4) is 0 Å². The lowest BCUT2D eigenvalue weighted by Gasteiger charge is -2.31. The van der Waals surface area contributed by atoms with Crippen molar-refractivity contribution in [3.63, 3.8) is 0 Å². The predicted octanol–water partition coefficient (Wildman–Crippen LogP) is 1.25. The zero-order valence-electron chi connectivity index (χ0n) is 20.3. The first kappa shape index (κ1) is 25.0. The summed E-state index contributed by atoms with van der Waals surface area (Å²) in [6, 6.07) is 6.21. The van der Waals surface area contributed by atoms with Crippen molar-refractivity contribution in [2.45, 2.75) is 56.8 Å².